The van der Waals surface area contributed by atoms with Gasteiger partial charge >= 0.3 is 0 Å². The van der Waals surface area contributed by atoms with Crippen LogP contribution in [-0.2, 0) is 0 Å². The summed E-state index contributed by atoms with van der Waals surface area (Å²) in [5.74, 6) is 5.78. The Hall–Kier alpha value is -0.520. The van der Waals surface area contributed by atoms with Crippen LogP contribution >= 0.6 is 0 Å². The summed E-state index contributed by atoms with van der Waals surface area (Å²) in [4.78, 5) is 0. The highest BCUT2D eigenvalue weighted by molar-refractivity contribution is 5.16. The van der Waals surface area contributed by atoms with Crippen molar-refractivity contribution in [2.24, 2.45) is 11.3 Å². The van der Waals surface area contributed by atoms with E-state index in [1.165, 1.54) is 0 Å². The summed E-state index contributed by atoms with van der Waals surface area (Å²) in [5, 5.41) is 19.5. The number of hydrogen-bond donors (Lipinski definition) is 2. The lowest BCUT2D eigenvalue weighted by Crippen LogP contribution is -2.46. The van der Waals surface area contributed by atoms with Crippen molar-refractivity contribution in [3.8, 4) is 11.8 Å². The summed E-state index contributed by atoms with van der Waals surface area (Å²) in [5.41, 5.74) is -0.687. The highest BCUT2D eigenvalue weighted by Crippen LogP contribution is 2.45. The Morgan fingerprint density at radius 1 is 1.27 bits per heavy atom. The van der Waals surface area contributed by atoms with Crippen molar-refractivity contribution in [1.29, 1.82) is 0 Å². The van der Waals surface area contributed by atoms with Gasteiger partial charge in [-0.2, -0.15) is 0 Å². The topological polar surface area (TPSA) is 40.5 Å². The fraction of sp³-hybridized carbons (Fsp3) is 0.846. The zero-order valence-electron chi connectivity index (χ0n) is 10.2. The monoisotopic (exact) mass is 210 g/mol. The minimum Gasteiger partial charge on any atom is -0.389 e. The van der Waals surface area contributed by atoms with Crippen LogP contribution in [0.1, 0.15) is 47.0 Å². The fourth-order valence-corrected chi connectivity index (χ4v) is 2.59. The van der Waals surface area contributed by atoms with Crippen LogP contribution in [0.15, 0.2) is 0 Å². The zero-order chi connectivity index (χ0) is 11.7. The Bertz CT molecular complexity index is 263. The molecule has 2 heteroatoms. The van der Waals surface area contributed by atoms with E-state index in [0.717, 1.165) is 19.3 Å². The SMILES string of the molecule is CC(O)C#CC1C(C)(C)CCCC1(C)O. The van der Waals surface area contributed by atoms with E-state index >= 15 is 0 Å². The molecule has 0 heterocycles. The molecule has 0 aliphatic heterocycles. The summed E-state index contributed by atoms with van der Waals surface area (Å²) < 4.78 is 0. The molecule has 1 rings (SSSR count). The molecule has 15 heavy (non-hydrogen) atoms. The van der Waals surface area contributed by atoms with Gasteiger partial charge in [0.2, 0.25) is 0 Å². The Morgan fingerprint density at radius 2 is 1.87 bits per heavy atom. The van der Waals surface area contributed by atoms with Crippen LogP contribution in [0.25, 0.3) is 0 Å². The predicted molar refractivity (Wildman–Crippen MR) is 61.2 cm³/mol. The van der Waals surface area contributed by atoms with Crippen molar-refractivity contribution in [1.82, 2.24) is 0 Å². The maximum Gasteiger partial charge on any atom is 0.111 e. The molecule has 0 radical (unpaired) electrons. The van der Waals surface area contributed by atoms with E-state index in [4.69, 9.17) is 5.11 Å². The maximum absolute atomic E-state index is 10.3. The molecule has 0 aromatic rings. The summed E-state index contributed by atoms with van der Waals surface area (Å²) in [6.07, 6.45) is 2.32. The van der Waals surface area contributed by atoms with Crippen molar-refractivity contribution in [2.45, 2.75) is 58.7 Å². The van der Waals surface area contributed by atoms with Gasteiger partial charge in [0.25, 0.3) is 0 Å². The van der Waals surface area contributed by atoms with Crippen LogP contribution in [0, 0.1) is 23.2 Å². The van der Waals surface area contributed by atoms with Gasteiger partial charge in [0.1, 0.15) is 6.10 Å². The van der Waals surface area contributed by atoms with Crippen LogP contribution in [0.2, 0.25) is 0 Å². The quantitative estimate of drug-likeness (QED) is 0.600. The number of hydrogen-bond acceptors (Lipinski definition) is 2. The van der Waals surface area contributed by atoms with Gasteiger partial charge in [-0.1, -0.05) is 25.7 Å². The third-order valence-electron chi connectivity index (χ3n) is 3.34. The molecule has 2 N–H and O–H groups in total. The molecule has 0 bridgehead atoms. The molecular formula is C13H22O2. The average Bonchev–Trinajstić information content (AvgIpc) is 1.99. The van der Waals surface area contributed by atoms with E-state index in [0.29, 0.717) is 0 Å². The molecule has 0 aromatic heterocycles. The lowest BCUT2D eigenvalue weighted by molar-refractivity contribution is -0.0618. The maximum atomic E-state index is 10.3. The molecule has 86 valence electrons. The number of aliphatic hydroxyl groups excluding tert-OH is 1. The lowest BCUT2D eigenvalue weighted by atomic mass is 9.62. The van der Waals surface area contributed by atoms with Crippen molar-refractivity contribution in [3.63, 3.8) is 0 Å². The highest BCUT2D eigenvalue weighted by atomic mass is 16.3. The molecule has 1 aliphatic rings. The molecule has 0 aromatic carbocycles. The van der Waals surface area contributed by atoms with Crippen LogP contribution in [-0.4, -0.2) is 21.9 Å². The van der Waals surface area contributed by atoms with Crippen molar-refractivity contribution in [2.75, 3.05) is 0 Å². The lowest BCUT2D eigenvalue weighted by Gasteiger charge is -2.45. The normalized spacial score (nSPS) is 36.5. The van der Waals surface area contributed by atoms with Gasteiger partial charge in [0.05, 0.1) is 11.5 Å². The molecule has 3 unspecified atom stereocenters. The molecular weight excluding hydrogens is 188 g/mol. The first kappa shape index (κ1) is 12.5. The van der Waals surface area contributed by atoms with Gasteiger partial charge in [-0.25, -0.2) is 0 Å². The van der Waals surface area contributed by atoms with Crippen molar-refractivity contribution < 1.29 is 10.2 Å². The standard InChI is InChI=1S/C13H22O2/c1-10(14)6-7-11-12(2,3)8-5-9-13(11,4)15/h10-11,14-15H,5,8-9H2,1-4H3. The van der Waals surface area contributed by atoms with Gasteiger partial charge in [-0.15, -0.1) is 0 Å². The molecule has 0 spiro atoms. The van der Waals surface area contributed by atoms with Gasteiger partial charge in [-0.05, 0) is 38.5 Å². The van der Waals surface area contributed by atoms with E-state index < -0.39 is 11.7 Å². The fourth-order valence-electron chi connectivity index (χ4n) is 2.59. The number of aliphatic hydroxyl groups is 2. The summed E-state index contributed by atoms with van der Waals surface area (Å²) >= 11 is 0. The number of rotatable bonds is 0. The molecule has 3 atom stereocenters. The summed E-state index contributed by atoms with van der Waals surface area (Å²) in [6.45, 7) is 7.79. The van der Waals surface area contributed by atoms with E-state index in [9.17, 15) is 5.11 Å². The van der Waals surface area contributed by atoms with Crippen LogP contribution < -0.4 is 0 Å². The highest BCUT2D eigenvalue weighted by Gasteiger charge is 2.44. The van der Waals surface area contributed by atoms with E-state index in [2.05, 4.69) is 25.7 Å². The molecule has 1 fully saturated rings. The second-order valence-electron chi connectivity index (χ2n) is 5.60. The van der Waals surface area contributed by atoms with Crippen molar-refractivity contribution >= 4 is 0 Å². The van der Waals surface area contributed by atoms with Gasteiger partial charge in [-0.3, -0.25) is 0 Å². The van der Waals surface area contributed by atoms with E-state index in [1.807, 2.05) is 6.92 Å². The second kappa shape index (κ2) is 4.15. The second-order valence-corrected chi connectivity index (χ2v) is 5.60. The van der Waals surface area contributed by atoms with E-state index in [1.54, 1.807) is 6.92 Å². The minimum atomic E-state index is -0.719. The molecule has 2 nitrogen and oxygen atoms in total. The summed E-state index contributed by atoms with van der Waals surface area (Å²) in [6, 6.07) is 0. The van der Waals surface area contributed by atoms with Gasteiger partial charge in [0, 0.05) is 0 Å². The zero-order valence-corrected chi connectivity index (χ0v) is 10.2. The van der Waals surface area contributed by atoms with Crippen molar-refractivity contribution in [3.05, 3.63) is 0 Å². The first-order valence-electron chi connectivity index (χ1n) is 5.67. The van der Waals surface area contributed by atoms with Crippen LogP contribution in [0.4, 0.5) is 0 Å². The minimum absolute atomic E-state index is 0.0314. The Balaban J connectivity index is 2.93. The third-order valence-corrected chi connectivity index (χ3v) is 3.34. The average molecular weight is 210 g/mol. The van der Waals surface area contributed by atoms with Crippen LogP contribution in [0.3, 0.4) is 0 Å². The van der Waals surface area contributed by atoms with Gasteiger partial charge < -0.3 is 10.2 Å². The van der Waals surface area contributed by atoms with Crippen LogP contribution in [0.5, 0.6) is 0 Å². The third kappa shape index (κ3) is 2.96. The van der Waals surface area contributed by atoms with E-state index in [-0.39, 0.29) is 11.3 Å². The summed E-state index contributed by atoms with van der Waals surface area (Å²) in [7, 11) is 0. The molecule has 1 aliphatic carbocycles. The largest absolute Gasteiger partial charge is 0.389 e. The van der Waals surface area contributed by atoms with Gasteiger partial charge in [0.15, 0.2) is 0 Å². The first-order valence-corrected chi connectivity index (χ1v) is 5.67. The Morgan fingerprint density at radius 3 is 2.33 bits per heavy atom. The smallest absolute Gasteiger partial charge is 0.111 e. The molecule has 0 amide bonds. The Labute approximate surface area is 92.7 Å². The molecule has 1 saturated carbocycles. The first-order chi connectivity index (χ1) is 6.76. The molecule has 0 saturated heterocycles. The Kier molecular flexibility index (Phi) is 3.48. The predicted octanol–water partition coefficient (Wildman–Crippen LogP) is 1.95.